The minimum absolute atomic E-state index is 0.0224. The molecule has 0 saturated heterocycles. The van der Waals surface area contributed by atoms with Gasteiger partial charge in [-0.05, 0) is 25.1 Å². The van der Waals surface area contributed by atoms with Gasteiger partial charge >= 0.3 is 6.61 Å². The van der Waals surface area contributed by atoms with Crippen LogP contribution < -0.4 is 4.74 Å². The summed E-state index contributed by atoms with van der Waals surface area (Å²) in [5.41, 5.74) is 1.03. The SMILES string of the molecule is Cc1cc(Cl)nc(-c2ccccc2OC(F)F)n1. The standard InChI is InChI=1S/C12H9ClF2N2O/c1-7-6-10(13)17-11(16-7)8-4-2-3-5-9(8)18-12(14)15/h2-6,12H,1H3. The number of hydrogen-bond acceptors (Lipinski definition) is 3. The van der Waals surface area contributed by atoms with E-state index in [1.165, 1.54) is 6.07 Å². The number of halogens is 3. The Bertz CT molecular complexity index is 543. The van der Waals surface area contributed by atoms with E-state index in [1.807, 2.05) is 0 Å². The largest absolute Gasteiger partial charge is 0.434 e. The van der Waals surface area contributed by atoms with Gasteiger partial charge in [0.05, 0.1) is 5.56 Å². The van der Waals surface area contributed by atoms with Gasteiger partial charge in [-0.3, -0.25) is 0 Å². The number of rotatable bonds is 3. The number of alkyl halides is 2. The molecule has 1 aromatic carbocycles. The van der Waals surface area contributed by atoms with Crippen molar-refractivity contribution >= 4 is 11.6 Å². The molecule has 0 radical (unpaired) electrons. The average molecular weight is 271 g/mol. The molecule has 0 N–H and O–H groups in total. The Morgan fingerprint density at radius 3 is 2.61 bits per heavy atom. The normalized spacial score (nSPS) is 10.7. The first-order chi connectivity index (χ1) is 8.56. The van der Waals surface area contributed by atoms with Crippen LogP contribution in [0.15, 0.2) is 30.3 Å². The Kier molecular flexibility index (Phi) is 3.72. The predicted molar refractivity (Wildman–Crippen MR) is 63.8 cm³/mol. The second-order valence-electron chi connectivity index (χ2n) is 3.53. The summed E-state index contributed by atoms with van der Waals surface area (Å²) in [5, 5.41) is 0.254. The van der Waals surface area contributed by atoms with Crippen LogP contribution in [0.3, 0.4) is 0 Å². The van der Waals surface area contributed by atoms with Crippen LogP contribution in [0.2, 0.25) is 5.15 Å². The zero-order valence-electron chi connectivity index (χ0n) is 9.40. The second kappa shape index (κ2) is 5.27. The maximum Gasteiger partial charge on any atom is 0.387 e. The molecule has 1 aromatic heterocycles. The number of benzene rings is 1. The average Bonchev–Trinajstić information content (AvgIpc) is 2.27. The van der Waals surface area contributed by atoms with Gasteiger partial charge in [0.25, 0.3) is 0 Å². The van der Waals surface area contributed by atoms with E-state index in [4.69, 9.17) is 11.6 Å². The van der Waals surface area contributed by atoms with Crippen LogP contribution in [0.4, 0.5) is 8.78 Å². The van der Waals surface area contributed by atoms with Crippen molar-refractivity contribution in [2.45, 2.75) is 13.5 Å². The van der Waals surface area contributed by atoms with Gasteiger partial charge < -0.3 is 4.74 Å². The van der Waals surface area contributed by atoms with Gasteiger partial charge in [-0.2, -0.15) is 8.78 Å². The van der Waals surface area contributed by atoms with Crippen LogP contribution in [-0.4, -0.2) is 16.6 Å². The van der Waals surface area contributed by atoms with E-state index >= 15 is 0 Å². The molecule has 0 spiro atoms. The lowest BCUT2D eigenvalue weighted by molar-refractivity contribution is -0.0494. The number of para-hydroxylation sites is 1. The van der Waals surface area contributed by atoms with Crippen molar-refractivity contribution in [2.24, 2.45) is 0 Å². The third-order valence-electron chi connectivity index (χ3n) is 2.17. The van der Waals surface area contributed by atoms with Crippen LogP contribution in [0, 0.1) is 6.92 Å². The van der Waals surface area contributed by atoms with Gasteiger partial charge in [0.2, 0.25) is 0 Å². The number of nitrogens with zero attached hydrogens (tertiary/aromatic N) is 2. The lowest BCUT2D eigenvalue weighted by Gasteiger charge is -2.09. The molecule has 0 aliphatic rings. The van der Waals surface area contributed by atoms with E-state index in [2.05, 4.69) is 14.7 Å². The van der Waals surface area contributed by atoms with Crippen LogP contribution in [0.25, 0.3) is 11.4 Å². The zero-order valence-corrected chi connectivity index (χ0v) is 10.2. The summed E-state index contributed by atoms with van der Waals surface area (Å²) in [5.74, 6) is 0.283. The summed E-state index contributed by atoms with van der Waals surface area (Å²) >= 11 is 5.82. The molecule has 0 fully saturated rings. The fourth-order valence-electron chi connectivity index (χ4n) is 1.50. The Hall–Kier alpha value is -1.75. The maximum atomic E-state index is 12.3. The summed E-state index contributed by atoms with van der Waals surface area (Å²) in [7, 11) is 0. The Balaban J connectivity index is 2.49. The highest BCUT2D eigenvalue weighted by atomic mass is 35.5. The lowest BCUT2D eigenvalue weighted by Crippen LogP contribution is -2.04. The monoisotopic (exact) mass is 270 g/mol. The summed E-state index contributed by atoms with van der Waals surface area (Å²) in [6.45, 7) is -1.15. The molecule has 0 unspecified atom stereocenters. The molecule has 3 nitrogen and oxygen atoms in total. The summed E-state index contributed by atoms with van der Waals surface area (Å²) < 4.78 is 29.0. The third kappa shape index (κ3) is 2.92. The fourth-order valence-corrected chi connectivity index (χ4v) is 1.74. The van der Waals surface area contributed by atoms with Gasteiger partial charge in [-0.25, -0.2) is 9.97 Å². The summed E-state index contributed by atoms with van der Waals surface area (Å²) in [6.07, 6.45) is 0. The number of ether oxygens (including phenoxy) is 1. The fraction of sp³-hybridized carbons (Fsp3) is 0.167. The summed E-state index contributed by atoms with van der Waals surface area (Å²) in [4.78, 5) is 8.15. The first-order valence-corrected chi connectivity index (χ1v) is 5.49. The lowest BCUT2D eigenvalue weighted by atomic mass is 10.2. The van der Waals surface area contributed by atoms with Gasteiger partial charge in [-0.15, -0.1) is 0 Å². The Labute approximate surface area is 107 Å². The highest BCUT2D eigenvalue weighted by Crippen LogP contribution is 2.29. The van der Waals surface area contributed by atoms with Crippen LogP contribution >= 0.6 is 11.6 Å². The minimum Gasteiger partial charge on any atom is -0.434 e. The van der Waals surface area contributed by atoms with Gasteiger partial charge in [-0.1, -0.05) is 23.7 Å². The minimum atomic E-state index is -2.90. The molecule has 0 bridgehead atoms. The molecule has 1 heterocycles. The molecule has 0 aliphatic heterocycles. The number of aromatic nitrogens is 2. The molecule has 0 aliphatic carbocycles. The van der Waals surface area contributed by atoms with Gasteiger partial charge in [0.15, 0.2) is 5.82 Å². The van der Waals surface area contributed by atoms with Crippen molar-refractivity contribution < 1.29 is 13.5 Å². The van der Waals surface area contributed by atoms with Crippen LogP contribution in [0.5, 0.6) is 5.75 Å². The van der Waals surface area contributed by atoms with E-state index in [9.17, 15) is 8.78 Å². The molecular weight excluding hydrogens is 262 g/mol. The number of aryl methyl sites for hydroxylation is 1. The van der Waals surface area contributed by atoms with Crippen molar-refractivity contribution in [1.29, 1.82) is 0 Å². The van der Waals surface area contributed by atoms with Gasteiger partial charge in [0, 0.05) is 5.69 Å². The topological polar surface area (TPSA) is 35.0 Å². The molecule has 2 rings (SSSR count). The second-order valence-corrected chi connectivity index (χ2v) is 3.92. The van der Waals surface area contributed by atoms with Crippen molar-refractivity contribution in [3.63, 3.8) is 0 Å². The van der Waals surface area contributed by atoms with Crippen molar-refractivity contribution in [3.05, 3.63) is 41.2 Å². The van der Waals surface area contributed by atoms with E-state index in [-0.39, 0.29) is 16.7 Å². The van der Waals surface area contributed by atoms with Crippen molar-refractivity contribution in [1.82, 2.24) is 9.97 Å². The highest BCUT2D eigenvalue weighted by Gasteiger charge is 2.13. The first kappa shape index (κ1) is 12.7. The van der Waals surface area contributed by atoms with E-state index < -0.39 is 6.61 Å². The zero-order chi connectivity index (χ0) is 13.1. The maximum absolute atomic E-state index is 12.3. The Morgan fingerprint density at radius 2 is 1.94 bits per heavy atom. The molecule has 94 valence electrons. The van der Waals surface area contributed by atoms with Crippen LogP contribution in [-0.2, 0) is 0 Å². The van der Waals surface area contributed by atoms with E-state index in [0.717, 1.165) is 0 Å². The molecule has 2 aromatic rings. The van der Waals surface area contributed by atoms with E-state index in [1.54, 1.807) is 31.2 Å². The quantitative estimate of drug-likeness (QED) is 0.798. The highest BCUT2D eigenvalue weighted by molar-refractivity contribution is 6.29. The first-order valence-electron chi connectivity index (χ1n) is 5.11. The van der Waals surface area contributed by atoms with Gasteiger partial charge in [0.1, 0.15) is 10.9 Å². The molecular formula is C12H9ClF2N2O. The van der Waals surface area contributed by atoms with Crippen molar-refractivity contribution in [3.8, 4) is 17.1 Å². The molecule has 0 saturated carbocycles. The smallest absolute Gasteiger partial charge is 0.387 e. The van der Waals surface area contributed by atoms with Crippen LogP contribution in [0.1, 0.15) is 5.69 Å². The molecule has 0 amide bonds. The molecule has 0 atom stereocenters. The summed E-state index contributed by atoms with van der Waals surface area (Å²) in [6, 6.07) is 7.90. The van der Waals surface area contributed by atoms with E-state index in [0.29, 0.717) is 11.3 Å². The number of hydrogen-bond donors (Lipinski definition) is 0. The third-order valence-corrected chi connectivity index (χ3v) is 2.36. The van der Waals surface area contributed by atoms with Crippen molar-refractivity contribution in [2.75, 3.05) is 0 Å². The molecule has 18 heavy (non-hydrogen) atoms. The predicted octanol–water partition coefficient (Wildman–Crippen LogP) is 3.71. The molecule has 6 heteroatoms. The Morgan fingerprint density at radius 1 is 1.22 bits per heavy atom.